The van der Waals surface area contributed by atoms with Gasteiger partial charge in [0.05, 0.1) is 24.1 Å². The predicted molar refractivity (Wildman–Crippen MR) is 68.3 cm³/mol. The Morgan fingerprint density at radius 2 is 1.89 bits per heavy atom. The molecule has 3 rings (SSSR count). The van der Waals surface area contributed by atoms with Gasteiger partial charge in [0.2, 0.25) is 11.8 Å². The van der Waals surface area contributed by atoms with Gasteiger partial charge in [0.1, 0.15) is 0 Å². The van der Waals surface area contributed by atoms with E-state index in [0.29, 0.717) is 0 Å². The van der Waals surface area contributed by atoms with Gasteiger partial charge in [0, 0.05) is 10.7 Å². The minimum atomic E-state index is -0.141. The van der Waals surface area contributed by atoms with Gasteiger partial charge in [-0.1, -0.05) is 13.8 Å². The highest BCUT2D eigenvalue weighted by molar-refractivity contribution is 9.10. The number of hydrogen-bond donors (Lipinski definition) is 0. The molecule has 0 radical (unpaired) electrons. The van der Waals surface area contributed by atoms with Crippen molar-refractivity contribution in [3.05, 3.63) is 28.5 Å². The second-order valence-electron chi connectivity index (χ2n) is 5.51. The first-order valence-corrected chi connectivity index (χ1v) is 6.68. The SMILES string of the molecule is CC1(C)C2C(=O)N(Cc3ccc(Br)cn3)C(=O)C21. The summed E-state index contributed by atoms with van der Waals surface area (Å²) in [6.07, 6.45) is 1.67. The number of rotatable bonds is 2. The van der Waals surface area contributed by atoms with E-state index in [1.807, 2.05) is 26.0 Å². The first kappa shape index (κ1) is 11.8. The van der Waals surface area contributed by atoms with Crippen LogP contribution in [0.15, 0.2) is 22.8 Å². The summed E-state index contributed by atoms with van der Waals surface area (Å²) in [6.45, 7) is 4.24. The van der Waals surface area contributed by atoms with Crippen LogP contribution in [0.5, 0.6) is 0 Å². The molecular weight excluding hydrogens is 296 g/mol. The second kappa shape index (κ2) is 3.63. The molecule has 2 amide bonds. The number of amides is 2. The number of nitrogens with zero attached hydrogens (tertiary/aromatic N) is 2. The monoisotopic (exact) mass is 308 g/mol. The van der Waals surface area contributed by atoms with E-state index in [-0.39, 0.29) is 35.6 Å². The molecule has 1 aromatic rings. The minimum Gasteiger partial charge on any atom is -0.276 e. The summed E-state index contributed by atoms with van der Waals surface area (Å²) in [5, 5.41) is 0. The molecule has 18 heavy (non-hydrogen) atoms. The van der Waals surface area contributed by atoms with Gasteiger partial charge in [-0.25, -0.2) is 0 Å². The van der Waals surface area contributed by atoms with E-state index < -0.39 is 0 Å². The minimum absolute atomic E-state index is 0.0419. The largest absolute Gasteiger partial charge is 0.276 e. The van der Waals surface area contributed by atoms with Gasteiger partial charge in [0.15, 0.2) is 0 Å². The number of hydrogen-bond acceptors (Lipinski definition) is 3. The van der Waals surface area contributed by atoms with Gasteiger partial charge < -0.3 is 0 Å². The molecule has 4 nitrogen and oxygen atoms in total. The number of imide groups is 1. The van der Waals surface area contributed by atoms with Crippen LogP contribution in [0, 0.1) is 17.3 Å². The summed E-state index contributed by atoms with van der Waals surface area (Å²) >= 11 is 3.30. The van der Waals surface area contributed by atoms with Crippen molar-refractivity contribution in [2.45, 2.75) is 20.4 Å². The van der Waals surface area contributed by atoms with Crippen molar-refractivity contribution in [1.29, 1.82) is 0 Å². The number of carbonyl (C=O) groups is 2. The zero-order valence-electron chi connectivity index (χ0n) is 10.2. The third kappa shape index (κ3) is 1.53. The van der Waals surface area contributed by atoms with Crippen LogP contribution in [-0.4, -0.2) is 21.7 Å². The van der Waals surface area contributed by atoms with Crippen LogP contribution in [0.1, 0.15) is 19.5 Å². The molecule has 0 aromatic carbocycles. The third-order valence-corrected chi connectivity index (χ3v) is 4.47. The van der Waals surface area contributed by atoms with Crippen molar-refractivity contribution in [3.8, 4) is 0 Å². The van der Waals surface area contributed by atoms with Crippen LogP contribution in [0.3, 0.4) is 0 Å². The van der Waals surface area contributed by atoms with Crippen LogP contribution in [-0.2, 0) is 16.1 Å². The van der Waals surface area contributed by atoms with E-state index in [9.17, 15) is 9.59 Å². The fraction of sp³-hybridized carbons (Fsp3) is 0.462. The van der Waals surface area contributed by atoms with Crippen LogP contribution in [0.4, 0.5) is 0 Å². The van der Waals surface area contributed by atoms with E-state index in [1.165, 1.54) is 4.90 Å². The van der Waals surface area contributed by atoms with E-state index in [0.717, 1.165) is 10.2 Å². The molecule has 2 atom stereocenters. The molecule has 1 saturated carbocycles. The molecule has 1 aliphatic carbocycles. The summed E-state index contributed by atoms with van der Waals surface area (Å²) < 4.78 is 0.884. The molecule has 0 bridgehead atoms. The van der Waals surface area contributed by atoms with Crippen LogP contribution >= 0.6 is 15.9 Å². The van der Waals surface area contributed by atoms with E-state index >= 15 is 0 Å². The number of carbonyl (C=O) groups excluding carboxylic acids is 2. The van der Waals surface area contributed by atoms with Gasteiger partial charge >= 0.3 is 0 Å². The maximum atomic E-state index is 12.1. The summed E-state index contributed by atoms with van der Waals surface area (Å²) in [5.74, 6) is -0.305. The molecule has 2 unspecified atom stereocenters. The van der Waals surface area contributed by atoms with Crippen LogP contribution < -0.4 is 0 Å². The van der Waals surface area contributed by atoms with Crippen molar-refractivity contribution in [2.75, 3.05) is 0 Å². The van der Waals surface area contributed by atoms with Crippen molar-refractivity contribution in [2.24, 2.45) is 17.3 Å². The molecular formula is C13H13BrN2O2. The first-order valence-electron chi connectivity index (χ1n) is 5.88. The Kier molecular flexibility index (Phi) is 2.39. The normalized spacial score (nSPS) is 28.5. The van der Waals surface area contributed by atoms with Gasteiger partial charge in [0.25, 0.3) is 0 Å². The molecule has 1 aromatic heterocycles. The average molecular weight is 309 g/mol. The predicted octanol–water partition coefficient (Wildman–Crippen LogP) is 1.99. The third-order valence-electron chi connectivity index (χ3n) is 4.00. The Morgan fingerprint density at radius 3 is 2.39 bits per heavy atom. The molecule has 5 heteroatoms. The van der Waals surface area contributed by atoms with Crippen molar-refractivity contribution < 1.29 is 9.59 Å². The van der Waals surface area contributed by atoms with Crippen LogP contribution in [0.2, 0.25) is 0 Å². The summed E-state index contributed by atoms with van der Waals surface area (Å²) in [7, 11) is 0. The Bertz CT molecular complexity index is 514. The number of pyridine rings is 1. The quantitative estimate of drug-likeness (QED) is 0.785. The standard InChI is InChI=1S/C13H13BrN2O2/c1-13(2)9-10(13)12(18)16(11(9)17)6-8-4-3-7(14)5-15-8/h3-5,9-10H,6H2,1-2H3. The van der Waals surface area contributed by atoms with Crippen LogP contribution in [0.25, 0.3) is 0 Å². The van der Waals surface area contributed by atoms with Crippen molar-refractivity contribution in [3.63, 3.8) is 0 Å². The zero-order valence-corrected chi connectivity index (χ0v) is 11.8. The second-order valence-corrected chi connectivity index (χ2v) is 6.42. The van der Waals surface area contributed by atoms with Gasteiger partial charge in [-0.2, -0.15) is 0 Å². The number of likely N-dealkylation sites (tertiary alicyclic amines) is 1. The topological polar surface area (TPSA) is 50.3 Å². The molecule has 1 aliphatic heterocycles. The number of halogens is 1. The highest BCUT2D eigenvalue weighted by Crippen LogP contribution is 2.63. The Morgan fingerprint density at radius 1 is 1.28 bits per heavy atom. The number of fused-ring (bicyclic) bond motifs is 1. The lowest BCUT2D eigenvalue weighted by Crippen LogP contribution is -2.35. The fourth-order valence-corrected chi connectivity index (χ4v) is 3.06. The summed E-state index contributed by atoms with van der Waals surface area (Å²) in [6, 6.07) is 3.68. The van der Waals surface area contributed by atoms with E-state index in [1.54, 1.807) is 6.20 Å². The zero-order chi connectivity index (χ0) is 13.1. The van der Waals surface area contributed by atoms with Gasteiger partial charge in [-0.05, 0) is 33.5 Å². The highest BCUT2D eigenvalue weighted by Gasteiger charge is 2.72. The Balaban J connectivity index is 1.78. The average Bonchev–Trinajstić information content (AvgIpc) is 2.79. The van der Waals surface area contributed by atoms with E-state index in [4.69, 9.17) is 0 Å². The molecule has 2 heterocycles. The van der Waals surface area contributed by atoms with E-state index in [2.05, 4.69) is 20.9 Å². The smallest absolute Gasteiger partial charge is 0.234 e. The lowest BCUT2D eigenvalue weighted by molar-refractivity contribution is -0.143. The Hall–Kier alpha value is -1.23. The molecule has 2 fully saturated rings. The lowest BCUT2D eigenvalue weighted by atomic mass is 10.1. The first-order chi connectivity index (χ1) is 8.43. The lowest BCUT2D eigenvalue weighted by Gasteiger charge is -2.19. The maximum Gasteiger partial charge on any atom is 0.234 e. The van der Waals surface area contributed by atoms with Crippen molar-refractivity contribution >= 4 is 27.7 Å². The Labute approximate surface area is 114 Å². The maximum absolute atomic E-state index is 12.1. The summed E-state index contributed by atoms with van der Waals surface area (Å²) in [4.78, 5) is 29.8. The van der Waals surface area contributed by atoms with Gasteiger partial charge in [-0.3, -0.25) is 19.5 Å². The number of aromatic nitrogens is 1. The molecule has 0 spiro atoms. The van der Waals surface area contributed by atoms with Crippen molar-refractivity contribution in [1.82, 2.24) is 9.88 Å². The van der Waals surface area contributed by atoms with Gasteiger partial charge in [-0.15, -0.1) is 0 Å². The number of piperidine rings is 1. The molecule has 2 aliphatic rings. The summed E-state index contributed by atoms with van der Waals surface area (Å²) in [5.41, 5.74) is 0.594. The molecule has 1 saturated heterocycles. The fourth-order valence-electron chi connectivity index (χ4n) is 2.82. The molecule has 0 N–H and O–H groups in total. The molecule has 94 valence electrons. The highest BCUT2D eigenvalue weighted by atomic mass is 79.9.